The first-order valence-corrected chi connectivity index (χ1v) is 9.40. The molecule has 1 aliphatic carbocycles. The zero-order valence-corrected chi connectivity index (χ0v) is 14.1. The lowest BCUT2D eigenvalue weighted by molar-refractivity contribution is -0.164. The number of carboxylic acids is 1. The van der Waals surface area contributed by atoms with Crippen molar-refractivity contribution < 1.29 is 18.3 Å². The lowest BCUT2D eigenvalue weighted by atomic mass is 9.59. The van der Waals surface area contributed by atoms with Gasteiger partial charge in [-0.1, -0.05) is 12.5 Å². The predicted octanol–water partition coefficient (Wildman–Crippen LogP) is 2.17. The Morgan fingerprint density at radius 1 is 1.33 bits per heavy atom. The van der Waals surface area contributed by atoms with Crippen molar-refractivity contribution in [1.29, 1.82) is 0 Å². The molecule has 4 rings (SSSR count). The maximum atomic E-state index is 13.1. The van der Waals surface area contributed by atoms with E-state index in [2.05, 4.69) is 4.98 Å². The Bertz CT molecular complexity index is 950. The first-order valence-electron chi connectivity index (χ1n) is 7.96. The standard InChI is InChI=1S/C17H18N2O4S/c1-11-5-6-13(12-4-2-9-18-14(11)12)24(22,23)19-10-17(7-3-8-17)15(19)16(20)21/h2,4-6,9,15H,3,7-8,10H2,1H3,(H,20,21). The molecule has 7 heteroatoms. The molecule has 1 aromatic heterocycles. The minimum absolute atomic E-state index is 0.136. The fourth-order valence-corrected chi connectivity index (χ4v) is 5.95. The number of aliphatic carboxylic acids is 1. The van der Waals surface area contributed by atoms with Crippen LogP contribution >= 0.6 is 0 Å². The summed E-state index contributed by atoms with van der Waals surface area (Å²) < 4.78 is 27.4. The average Bonchev–Trinajstić information content (AvgIpc) is 2.44. The summed E-state index contributed by atoms with van der Waals surface area (Å²) in [7, 11) is -3.87. The summed E-state index contributed by atoms with van der Waals surface area (Å²) in [6, 6.07) is 5.73. The molecular weight excluding hydrogens is 328 g/mol. The van der Waals surface area contributed by atoms with Gasteiger partial charge in [-0.05, 0) is 43.5 Å². The van der Waals surface area contributed by atoms with Gasteiger partial charge in [0.05, 0.1) is 10.4 Å². The molecule has 2 fully saturated rings. The molecule has 0 bridgehead atoms. The summed E-state index contributed by atoms with van der Waals surface area (Å²) in [5, 5.41) is 10.1. The van der Waals surface area contributed by atoms with Gasteiger partial charge in [-0.3, -0.25) is 9.78 Å². The molecule has 24 heavy (non-hydrogen) atoms. The van der Waals surface area contributed by atoms with Gasteiger partial charge >= 0.3 is 5.97 Å². The van der Waals surface area contributed by atoms with Crippen molar-refractivity contribution in [3.8, 4) is 0 Å². The minimum Gasteiger partial charge on any atom is -0.480 e. The summed E-state index contributed by atoms with van der Waals surface area (Å²) in [6.07, 6.45) is 4.16. The molecule has 1 atom stereocenters. The quantitative estimate of drug-likeness (QED) is 0.920. The van der Waals surface area contributed by atoms with E-state index in [1.807, 2.05) is 6.92 Å². The molecule has 6 nitrogen and oxygen atoms in total. The summed E-state index contributed by atoms with van der Waals surface area (Å²) in [5.74, 6) is -1.06. The van der Waals surface area contributed by atoms with Gasteiger partial charge in [-0.25, -0.2) is 8.42 Å². The number of carboxylic acid groups (broad SMARTS) is 1. The Labute approximate surface area is 140 Å². The second-order valence-electron chi connectivity index (χ2n) is 6.79. The van der Waals surface area contributed by atoms with Gasteiger partial charge in [-0.2, -0.15) is 4.31 Å². The average molecular weight is 346 g/mol. The van der Waals surface area contributed by atoms with Crippen LogP contribution < -0.4 is 0 Å². The highest BCUT2D eigenvalue weighted by atomic mass is 32.2. The van der Waals surface area contributed by atoms with Crippen LogP contribution in [-0.2, 0) is 14.8 Å². The number of hydrogen-bond acceptors (Lipinski definition) is 4. The molecule has 1 N–H and O–H groups in total. The maximum absolute atomic E-state index is 13.1. The monoisotopic (exact) mass is 346 g/mol. The summed E-state index contributed by atoms with van der Waals surface area (Å²) in [6.45, 7) is 2.17. The lowest BCUT2D eigenvalue weighted by Crippen LogP contribution is -2.71. The Morgan fingerprint density at radius 3 is 2.71 bits per heavy atom. The number of benzene rings is 1. The number of aryl methyl sites for hydroxylation is 1. The van der Waals surface area contributed by atoms with Gasteiger partial charge in [-0.15, -0.1) is 0 Å². The highest BCUT2D eigenvalue weighted by Crippen LogP contribution is 2.55. The van der Waals surface area contributed by atoms with Crippen molar-refractivity contribution in [2.24, 2.45) is 5.41 Å². The molecule has 1 saturated heterocycles. The Balaban J connectivity index is 1.82. The molecule has 126 valence electrons. The van der Waals surface area contributed by atoms with Gasteiger partial charge in [0.2, 0.25) is 10.0 Å². The van der Waals surface area contributed by atoms with Crippen molar-refractivity contribution in [2.75, 3.05) is 6.54 Å². The van der Waals surface area contributed by atoms with Crippen LogP contribution in [0.2, 0.25) is 0 Å². The topological polar surface area (TPSA) is 87.6 Å². The Hall–Kier alpha value is -1.99. The molecular formula is C17H18N2O4S. The van der Waals surface area contributed by atoms with Gasteiger partial charge in [0.25, 0.3) is 0 Å². The number of carbonyl (C=O) groups is 1. The van der Waals surface area contributed by atoms with Crippen LogP contribution in [0.1, 0.15) is 24.8 Å². The van der Waals surface area contributed by atoms with Crippen LogP contribution in [0.3, 0.4) is 0 Å². The minimum atomic E-state index is -3.87. The largest absolute Gasteiger partial charge is 0.480 e. The predicted molar refractivity (Wildman–Crippen MR) is 88.1 cm³/mol. The normalized spacial score (nSPS) is 23.0. The summed E-state index contributed by atoms with van der Waals surface area (Å²) in [4.78, 5) is 16.1. The van der Waals surface area contributed by atoms with Crippen molar-refractivity contribution in [3.63, 3.8) is 0 Å². The summed E-state index contributed by atoms with van der Waals surface area (Å²) >= 11 is 0. The van der Waals surface area contributed by atoms with E-state index in [-0.39, 0.29) is 10.3 Å². The molecule has 2 aliphatic rings. The smallest absolute Gasteiger partial charge is 0.322 e. The number of pyridine rings is 1. The van der Waals surface area contributed by atoms with E-state index in [1.165, 1.54) is 0 Å². The first kappa shape index (κ1) is 15.5. The molecule has 2 aromatic rings. The molecule has 1 aliphatic heterocycles. The molecule has 1 saturated carbocycles. The Kier molecular flexibility index (Phi) is 3.24. The van der Waals surface area contributed by atoms with Crippen molar-refractivity contribution >= 4 is 26.9 Å². The Morgan fingerprint density at radius 2 is 2.08 bits per heavy atom. The van der Waals surface area contributed by atoms with E-state index in [0.29, 0.717) is 17.4 Å². The molecule has 2 heterocycles. The van der Waals surface area contributed by atoms with Crippen LogP contribution in [0, 0.1) is 12.3 Å². The third kappa shape index (κ3) is 1.94. The molecule has 0 radical (unpaired) electrons. The van der Waals surface area contributed by atoms with E-state index < -0.39 is 22.0 Å². The van der Waals surface area contributed by atoms with Crippen LogP contribution in [0.25, 0.3) is 10.9 Å². The highest BCUT2D eigenvalue weighted by molar-refractivity contribution is 7.89. The number of aromatic nitrogens is 1. The zero-order valence-electron chi connectivity index (χ0n) is 13.3. The first-order chi connectivity index (χ1) is 11.4. The van der Waals surface area contributed by atoms with Crippen LogP contribution in [-0.4, -0.2) is 41.4 Å². The van der Waals surface area contributed by atoms with E-state index in [4.69, 9.17) is 0 Å². The number of hydrogen-bond donors (Lipinski definition) is 1. The van der Waals surface area contributed by atoms with E-state index in [9.17, 15) is 18.3 Å². The number of rotatable bonds is 3. The molecule has 1 unspecified atom stereocenters. The SMILES string of the molecule is Cc1ccc(S(=O)(=O)N2CC3(CCC3)C2C(=O)O)c2cccnc12. The van der Waals surface area contributed by atoms with E-state index in [1.54, 1.807) is 30.5 Å². The van der Waals surface area contributed by atoms with Gasteiger partial charge in [0, 0.05) is 23.5 Å². The highest BCUT2D eigenvalue weighted by Gasteiger charge is 2.63. The second kappa shape index (κ2) is 5.00. The number of nitrogens with zero attached hydrogens (tertiary/aromatic N) is 2. The van der Waals surface area contributed by atoms with Crippen LogP contribution in [0.5, 0.6) is 0 Å². The summed E-state index contributed by atoms with van der Waals surface area (Å²) in [5.41, 5.74) is 1.15. The van der Waals surface area contributed by atoms with Gasteiger partial charge in [0.1, 0.15) is 6.04 Å². The fourth-order valence-electron chi connectivity index (χ4n) is 3.99. The number of sulfonamides is 1. The van der Waals surface area contributed by atoms with Crippen LogP contribution in [0.4, 0.5) is 0 Å². The van der Waals surface area contributed by atoms with Gasteiger partial charge in [0.15, 0.2) is 0 Å². The van der Waals surface area contributed by atoms with Crippen molar-refractivity contribution in [1.82, 2.24) is 9.29 Å². The maximum Gasteiger partial charge on any atom is 0.322 e. The van der Waals surface area contributed by atoms with Crippen molar-refractivity contribution in [3.05, 3.63) is 36.0 Å². The van der Waals surface area contributed by atoms with E-state index >= 15 is 0 Å². The third-order valence-corrected chi connectivity index (χ3v) is 7.31. The third-order valence-electron chi connectivity index (χ3n) is 5.44. The van der Waals surface area contributed by atoms with E-state index in [0.717, 1.165) is 29.1 Å². The zero-order chi connectivity index (χ0) is 17.1. The molecule has 1 aromatic carbocycles. The molecule has 0 amide bonds. The second-order valence-corrected chi connectivity index (χ2v) is 8.65. The molecule has 1 spiro atoms. The lowest BCUT2D eigenvalue weighted by Gasteiger charge is -2.59. The fraction of sp³-hybridized carbons (Fsp3) is 0.412. The van der Waals surface area contributed by atoms with Crippen LogP contribution in [0.15, 0.2) is 35.4 Å². The van der Waals surface area contributed by atoms with Crippen molar-refractivity contribution in [2.45, 2.75) is 37.1 Å². The number of fused-ring (bicyclic) bond motifs is 1. The van der Waals surface area contributed by atoms with Gasteiger partial charge < -0.3 is 5.11 Å².